The van der Waals surface area contributed by atoms with E-state index in [1.807, 2.05) is 18.2 Å². The summed E-state index contributed by atoms with van der Waals surface area (Å²) in [4.78, 5) is 11.5. The molecule has 1 aromatic heterocycles. The predicted octanol–water partition coefficient (Wildman–Crippen LogP) is 2.34. The highest BCUT2D eigenvalue weighted by molar-refractivity contribution is 5.92. The van der Waals surface area contributed by atoms with E-state index >= 15 is 0 Å². The van der Waals surface area contributed by atoms with E-state index in [1.165, 1.54) is 0 Å². The second-order valence-corrected chi connectivity index (χ2v) is 4.40. The second-order valence-electron chi connectivity index (χ2n) is 4.40. The van der Waals surface area contributed by atoms with Crippen molar-refractivity contribution >= 4 is 22.6 Å². The lowest BCUT2D eigenvalue weighted by Crippen LogP contribution is -2.31. The Morgan fingerprint density at radius 3 is 3.06 bits per heavy atom. The number of rotatable bonds is 3. The van der Waals surface area contributed by atoms with Crippen molar-refractivity contribution in [1.82, 2.24) is 15.5 Å². The van der Waals surface area contributed by atoms with Crippen molar-refractivity contribution in [2.45, 2.75) is 13.8 Å². The van der Waals surface area contributed by atoms with Gasteiger partial charge >= 0.3 is 6.03 Å². The number of nitrogens with zero attached hydrogens (tertiary/aromatic N) is 1. The molecular formula is C12H16N4O. The molecule has 2 amide bonds. The van der Waals surface area contributed by atoms with E-state index in [1.54, 1.807) is 6.20 Å². The van der Waals surface area contributed by atoms with Crippen molar-refractivity contribution in [3.63, 3.8) is 0 Å². The fraction of sp³-hybridized carbons (Fsp3) is 0.333. The van der Waals surface area contributed by atoms with Crippen LogP contribution in [0.3, 0.4) is 0 Å². The minimum atomic E-state index is -0.183. The lowest BCUT2D eigenvalue weighted by Gasteiger charge is -2.09. The van der Waals surface area contributed by atoms with Crippen LogP contribution in [0.1, 0.15) is 13.8 Å². The Bertz CT molecular complexity index is 518. The second kappa shape index (κ2) is 4.86. The quantitative estimate of drug-likeness (QED) is 0.760. The Kier molecular flexibility index (Phi) is 3.27. The number of hydrogen-bond donors (Lipinski definition) is 3. The predicted molar refractivity (Wildman–Crippen MR) is 68.0 cm³/mol. The molecule has 5 nitrogen and oxygen atoms in total. The van der Waals surface area contributed by atoms with Gasteiger partial charge in [-0.05, 0) is 24.1 Å². The first kappa shape index (κ1) is 11.4. The zero-order valence-electron chi connectivity index (χ0n) is 9.95. The van der Waals surface area contributed by atoms with E-state index in [9.17, 15) is 4.79 Å². The van der Waals surface area contributed by atoms with Gasteiger partial charge < -0.3 is 10.6 Å². The largest absolute Gasteiger partial charge is 0.338 e. The molecule has 17 heavy (non-hydrogen) atoms. The monoisotopic (exact) mass is 232 g/mol. The molecule has 2 aromatic rings. The van der Waals surface area contributed by atoms with E-state index < -0.39 is 0 Å². The molecule has 0 aliphatic heterocycles. The van der Waals surface area contributed by atoms with Crippen LogP contribution in [-0.2, 0) is 0 Å². The van der Waals surface area contributed by atoms with Gasteiger partial charge in [-0.15, -0.1) is 0 Å². The van der Waals surface area contributed by atoms with E-state index in [4.69, 9.17) is 0 Å². The molecule has 2 rings (SSSR count). The lowest BCUT2D eigenvalue weighted by atomic mass is 10.2. The van der Waals surface area contributed by atoms with Crippen LogP contribution in [0.5, 0.6) is 0 Å². The summed E-state index contributed by atoms with van der Waals surface area (Å²) in [5.41, 5.74) is 1.66. The van der Waals surface area contributed by atoms with Crippen LogP contribution in [0.15, 0.2) is 24.4 Å². The fourth-order valence-corrected chi connectivity index (χ4v) is 1.49. The average Bonchev–Trinajstić information content (AvgIpc) is 2.73. The van der Waals surface area contributed by atoms with Crippen molar-refractivity contribution in [3.8, 4) is 0 Å². The first-order valence-corrected chi connectivity index (χ1v) is 5.63. The van der Waals surface area contributed by atoms with Gasteiger partial charge in [0.2, 0.25) is 0 Å². The summed E-state index contributed by atoms with van der Waals surface area (Å²) >= 11 is 0. The number of fused-ring (bicyclic) bond motifs is 1. The maximum Gasteiger partial charge on any atom is 0.319 e. The molecule has 0 atom stereocenters. The number of carbonyl (C=O) groups excluding carboxylic acids is 1. The summed E-state index contributed by atoms with van der Waals surface area (Å²) in [6, 6.07) is 5.44. The van der Waals surface area contributed by atoms with Gasteiger partial charge in [-0.3, -0.25) is 5.10 Å². The average molecular weight is 232 g/mol. The van der Waals surface area contributed by atoms with Gasteiger partial charge in [0.1, 0.15) is 0 Å². The van der Waals surface area contributed by atoms with Crippen LogP contribution in [0.25, 0.3) is 10.9 Å². The number of H-pyrrole nitrogens is 1. The SMILES string of the molecule is CC(C)CNC(=O)Nc1ccc2cn[nH]c2c1. The van der Waals surface area contributed by atoms with Gasteiger partial charge in [-0.2, -0.15) is 5.10 Å². The van der Waals surface area contributed by atoms with Crippen molar-refractivity contribution in [1.29, 1.82) is 0 Å². The van der Waals surface area contributed by atoms with E-state index in [2.05, 4.69) is 34.7 Å². The molecule has 0 radical (unpaired) electrons. The van der Waals surface area contributed by atoms with Crippen LogP contribution < -0.4 is 10.6 Å². The maximum absolute atomic E-state index is 11.5. The highest BCUT2D eigenvalue weighted by atomic mass is 16.2. The highest BCUT2D eigenvalue weighted by Crippen LogP contribution is 2.16. The number of hydrogen-bond acceptors (Lipinski definition) is 2. The van der Waals surface area contributed by atoms with Crippen molar-refractivity contribution < 1.29 is 4.79 Å². The number of aromatic nitrogens is 2. The molecule has 0 saturated carbocycles. The summed E-state index contributed by atoms with van der Waals surface area (Å²) in [6.07, 6.45) is 1.75. The number of aromatic amines is 1. The van der Waals surface area contributed by atoms with Crippen molar-refractivity contribution in [2.75, 3.05) is 11.9 Å². The van der Waals surface area contributed by atoms with E-state index in [0.717, 1.165) is 16.6 Å². The van der Waals surface area contributed by atoms with Gasteiger partial charge in [0.05, 0.1) is 11.7 Å². The van der Waals surface area contributed by atoms with E-state index in [0.29, 0.717) is 12.5 Å². The van der Waals surface area contributed by atoms with Crippen molar-refractivity contribution in [3.05, 3.63) is 24.4 Å². The summed E-state index contributed by atoms with van der Waals surface area (Å²) in [5.74, 6) is 0.441. The number of benzene rings is 1. The Morgan fingerprint density at radius 1 is 1.47 bits per heavy atom. The zero-order chi connectivity index (χ0) is 12.3. The topological polar surface area (TPSA) is 69.8 Å². The van der Waals surface area contributed by atoms with Crippen LogP contribution >= 0.6 is 0 Å². The minimum Gasteiger partial charge on any atom is -0.338 e. The van der Waals surface area contributed by atoms with Gasteiger partial charge in [-0.25, -0.2) is 4.79 Å². The third-order valence-corrected chi connectivity index (χ3v) is 2.37. The zero-order valence-corrected chi connectivity index (χ0v) is 9.95. The molecule has 0 fully saturated rings. The third kappa shape index (κ3) is 2.96. The first-order valence-electron chi connectivity index (χ1n) is 5.63. The van der Waals surface area contributed by atoms with Crippen LogP contribution in [-0.4, -0.2) is 22.8 Å². The molecule has 1 heterocycles. The normalized spacial score (nSPS) is 10.8. The number of amides is 2. The molecular weight excluding hydrogens is 216 g/mol. The number of nitrogens with one attached hydrogen (secondary N) is 3. The Labute approximate surface area is 99.6 Å². The third-order valence-electron chi connectivity index (χ3n) is 2.37. The van der Waals surface area contributed by atoms with Gasteiger partial charge in [0.15, 0.2) is 0 Å². The van der Waals surface area contributed by atoms with Gasteiger partial charge in [0.25, 0.3) is 0 Å². The Hall–Kier alpha value is -2.04. The summed E-state index contributed by atoms with van der Waals surface area (Å²) < 4.78 is 0. The van der Waals surface area contributed by atoms with E-state index in [-0.39, 0.29) is 6.03 Å². The lowest BCUT2D eigenvalue weighted by molar-refractivity contribution is 0.251. The molecule has 0 unspecified atom stereocenters. The smallest absolute Gasteiger partial charge is 0.319 e. The standard InChI is InChI=1S/C12H16N4O/c1-8(2)6-13-12(17)15-10-4-3-9-7-14-16-11(9)5-10/h3-5,7-8H,6H2,1-2H3,(H,14,16)(H2,13,15,17). The van der Waals surface area contributed by atoms with Crippen LogP contribution in [0.4, 0.5) is 10.5 Å². The number of carbonyl (C=O) groups is 1. The molecule has 0 saturated heterocycles. The molecule has 0 spiro atoms. The molecule has 3 N–H and O–H groups in total. The van der Waals surface area contributed by atoms with Crippen molar-refractivity contribution in [2.24, 2.45) is 5.92 Å². The summed E-state index contributed by atoms with van der Waals surface area (Å²) in [5, 5.41) is 13.4. The fourth-order valence-electron chi connectivity index (χ4n) is 1.49. The minimum absolute atomic E-state index is 0.183. The molecule has 0 aliphatic carbocycles. The van der Waals surface area contributed by atoms with Gasteiger partial charge in [-0.1, -0.05) is 13.8 Å². The van der Waals surface area contributed by atoms with Crippen LogP contribution in [0.2, 0.25) is 0 Å². The van der Waals surface area contributed by atoms with Crippen LogP contribution in [0, 0.1) is 5.92 Å². The number of anilines is 1. The molecule has 0 bridgehead atoms. The summed E-state index contributed by atoms with van der Waals surface area (Å²) in [7, 11) is 0. The number of urea groups is 1. The maximum atomic E-state index is 11.5. The summed E-state index contributed by atoms with van der Waals surface area (Å²) in [6.45, 7) is 4.77. The Balaban J connectivity index is 2.00. The first-order chi connectivity index (χ1) is 8.15. The van der Waals surface area contributed by atoms with Gasteiger partial charge in [0, 0.05) is 17.6 Å². The molecule has 90 valence electrons. The molecule has 5 heteroatoms. The Morgan fingerprint density at radius 2 is 2.29 bits per heavy atom. The molecule has 1 aromatic carbocycles. The highest BCUT2D eigenvalue weighted by Gasteiger charge is 2.03. The molecule has 0 aliphatic rings.